The fourth-order valence-electron chi connectivity index (χ4n) is 4.29. The highest BCUT2D eigenvalue weighted by atomic mass is 19.4. The number of benzene rings is 2. The van der Waals surface area contributed by atoms with Crippen LogP contribution in [0.15, 0.2) is 61.1 Å². The number of alkyl halides is 3. The average molecular weight is 482 g/mol. The quantitative estimate of drug-likeness (QED) is 0.338. The average Bonchev–Trinajstić information content (AvgIpc) is 3.52. The monoisotopic (exact) mass is 481 g/mol. The lowest BCUT2D eigenvalue weighted by Crippen LogP contribution is -2.29. The van der Waals surface area contributed by atoms with Crippen LogP contribution < -0.4 is 16.0 Å². The van der Waals surface area contributed by atoms with E-state index >= 15 is 0 Å². The van der Waals surface area contributed by atoms with Crippen LogP contribution in [0, 0.1) is 0 Å². The fraction of sp³-hybridized carbons (Fsp3) is 0.320. The van der Waals surface area contributed by atoms with Gasteiger partial charge in [0.25, 0.3) is 0 Å². The maximum absolute atomic E-state index is 13.1. The third-order valence-corrected chi connectivity index (χ3v) is 6.21. The summed E-state index contributed by atoms with van der Waals surface area (Å²) in [5, 5.41) is 10.0. The van der Waals surface area contributed by atoms with Crippen molar-refractivity contribution in [3.05, 3.63) is 72.2 Å². The largest absolute Gasteiger partial charge is 0.416 e. The second-order valence-electron chi connectivity index (χ2n) is 8.72. The molecule has 182 valence electrons. The molecule has 0 amide bonds. The van der Waals surface area contributed by atoms with E-state index in [1.54, 1.807) is 31.6 Å². The smallest absolute Gasteiger partial charge is 0.383 e. The molecule has 0 bridgehead atoms. The second-order valence-corrected chi connectivity index (χ2v) is 8.72. The summed E-state index contributed by atoms with van der Waals surface area (Å²) in [5.41, 5.74) is 2.55. The molecule has 2 unspecified atom stereocenters. The minimum absolute atomic E-state index is 0.316. The second kappa shape index (κ2) is 9.53. The van der Waals surface area contributed by atoms with Gasteiger partial charge in [0.05, 0.1) is 22.6 Å². The Kier molecular flexibility index (Phi) is 6.29. The van der Waals surface area contributed by atoms with Crippen molar-refractivity contribution in [3.8, 4) is 5.82 Å². The molecule has 0 aliphatic carbocycles. The number of hydrogen-bond donors (Lipinski definition) is 3. The van der Waals surface area contributed by atoms with Crippen molar-refractivity contribution in [2.45, 2.75) is 38.0 Å². The van der Waals surface area contributed by atoms with Gasteiger partial charge in [0.15, 0.2) is 0 Å². The molecule has 0 radical (unpaired) electrons. The Balaban J connectivity index is 1.32. The summed E-state index contributed by atoms with van der Waals surface area (Å²) in [6.07, 6.45) is 1.32. The van der Waals surface area contributed by atoms with E-state index in [1.165, 1.54) is 18.9 Å². The van der Waals surface area contributed by atoms with Gasteiger partial charge < -0.3 is 16.0 Å². The van der Waals surface area contributed by atoms with Crippen LogP contribution in [0.4, 0.5) is 24.8 Å². The number of anilines is 2. The van der Waals surface area contributed by atoms with Gasteiger partial charge in [-0.2, -0.15) is 18.2 Å². The molecule has 7 nitrogen and oxygen atoms in total. The summed E-state index contributed by atoms with van der Waals surface area (Å²) in [6, 6.07) is 13.1. The summed E-state index contributed by atoms with van der Waals surface area (Å²) in [5.74, 6) is 0.925. The normalized spacial score (nSPS) is 17.0. The third kappa shape index (κ3) is 5.22. The minimum atomic E-state index is -4.39. The third-order valence-electron chi connectivity index (χ3n) is 6.21. The van der Waals surface area contributed by atoms with Gasteiger partial charge in [0, 0.05) is 24.5 Å². The van der Waals surface area contributed by atoms with E-state index in [0.29, 0.717) is 23.4 Å². The molecule has 2 aromatic carbocycles. The summed E-state index contributed by atoms with van der Waals surface area (Å²) < 4.78 is 41.1. The van der Waals surface area contributed by atoms with Crippen LogP contribution in [0.1, 0.15) is 36.9 Å². The number of rotatable bonds is 7. The number of nitrogens with one attached hydrogen (secondary N) is 3. The van der Waals surface area contributed by atoms with Crippen molar-refractivity contribution in [1.29, 1.82) is 0 Å². The highest BCUT2D eigenvalue weighted by Gasteiger charge is 2.30. The highest BCUT2D eigenvalue weighted by molar-refractivity contribution is 5.81. The molecule has 5 rings (SSSR count). The minimum Gasteiger partial charge on any atom is -0.383 e. The van der Waals surface area contributed by atoms with Gasteiger partial charge in [-0.1, -0.05) is 12.1 Å². The highest BCUT2D eigenvalue weighted by Crippen LogP contribution is 2.31. The summed E-state index contributed by atoms with van der Waals surface area (Å²) in [6.45, 7) is 3.72. The lowest BCUT2D eigenvalue weighted by Gasteiger charge is -2.16. The number of halogens is 3. The van der Waals surface area contributed by atoms with E-state index in [2.05, 4.69) is 30.9 Å². The lowest BCUT2D eigenvalue weighted by molar-refractivity contribution is -0.137. The van der Waals surface area contributed by atoms with Crippen LogP contribution in [0.25, 0.3) is 16.9 Å². The van der Waals surface area contributed by atoms with Crippen molar-refractivity contribution in [3.63, 3.8) is 0 Å². The molecule has 0 spiro atoms. The van der Waals surface area contributed by atoms with E-state index in [-0.39, 0.29) is 0 Å². The van der Waals surface area contributed by atoms with Crippen molar-refractivity contribution in [1.82, 2.24) is 24.8 Å². The van der Waals surface area contributed by atoms with Crippen LogP contribution in [0.5, 0.6) is 0 Å². The molecular formula is C25H26F3N7. The van der Waals surface area contributed by atoms with E-state index in [9.17, 15) is 13.2 Å². The zero-order chi connectivity index (χ0) is 24.4. The zero-order valence-corrected chi connectivity index (χ0v) is 19.2. The Hall–Kier alpha value is -3.66. The number of imidazole rings is 1. The number of aromatic nitrogens is 4. The van der Waals surface area contributed by atoms with Crippen LogP contribution in [0.3, 0.4) is 0 Å². The molecule has 0 saturated carbocycles. The molecule has 2 atom stereocenters. The summed E-state index contributed by atoms with van der Waals surface area (Å²) in [4.78, 5) is 13.3. The topological polar surface area (TPSA) is 79.7 Å². The first-order chi connectivity index (χ1) is 16.9. The van der Waals surface area contributed by atoms with Gasteiger partial charge in [-0.05, 0) is 68.3 Å². The predicted octanol–water partition coefficient (Wildman–Crippen LogP) is 5.17. The van der Waals surface area contributed by atoms with Crippen LogP contribution in [-0.4, -0.2) is 38.7 Å². The number of hydrogen-bond acceptors (Lipinski definition) is 6. The number of nitrogens with zero attached hydrogens (tertiary/aromatic N) is 4. The van der Waals surface area contributed by atoms with E-state index in [0.717, 1.165) is 41.9 Å². The van der Waals surface area contributed by atoms with Gasteiger partial charge in [-0.3, -0.25) is 4.57 Å². The Morgan fingerprint density at radius 1 is 1.14 bits per heavy atom. The van der Waals surface area contributed by atoms with E-state index < -0.39 is 17.8 Å². The molecule has 1 aliphatic rings. The molecule has 4 aromatic rings. The molecule has 10 heteroatoms. The maximum Gasteiger partial charge on any atom is 0.416 e. The first kappa shape index (κ1) is 23.1. The molecule has 1 aliphatic heterocycles. The Labute approximate surface area is 200 Å². The SMILES string of the molecule is CC(Nc1nccc(-n2cnc3cc(NCC4CCCN4)ccc32)n1)c1cccc(C(F)(F)F)c1. The number of fused-ring (bicyclic) bond motifs is 1. The van der Waals surface area contributed by atoms with Gasteiger partial charge in [-0.25, -0.2) is 9.97 Å². The summed E-state index contributed by atoms with van der Waals surface area (Å²) >= 11 is 0. The van der Waals surface area contributed by atoms with Crippen LogP contribution >= 0.6 is 0 Å². The van der Waals surface area contributed by atoms with Gasteiger partial charge in [0.1, 0.15) is 12.1 Å². The maximum atomic E-state index is 13.1. The zero-order valence-electron chi connectivity index (χ0n) is 19.2. The van der Waals surface area contributed by atoms with Crippen LogP contribution in [-0.2, 0) is 6.18 Å². The predicted molar refractivity (Wildman–Crippen MR) is 130 cm³/mol. The van der Waals surface area contributed by atoms with E-state index in [4.69, 9.17) is 0 Å². The Morgan fingerprint density at radius 3 is 2.83 bits per heavy atom. The molecule has 3 heterocycles. The van der Waals surface area contributed by atoms with Gasteiger partial charge in [-0.15, -0.1) is 0 Å². The summed E-state index contributed by atoms with van der Waals surface area (Å²) in [7, 11) is 0. The van der Waals surface area contributed by atoms with Crippen molar-refractivity contribution in [2.75, 3.05) is 23.7 Å². The van der Waals surface area contributed by atoms with Crippen molar-refractivity contribution in [2.24, 2.45) is 0 Å². The molecule has 35 heavy (non-hydrogen) atoms. The van der Waals surface area contributed by atoms with E-state index in [1.807, 2.05) is 22.8 Å². The standard InChI is InChI=1S/C25H26F3N7/c1-16(17-4-2-5-18(12-17)25(26,27)28)33-24-30-11-9-23(34-24)35-15-32-21-13-19(7-8-22(21)35)31-14-20-6-3-10-29-20/h2,4-5,7-9,11-13,15-16,20,29,31H,3,6,10,14H2,1H3,(H,30,33,34). The van der Waals surface area contributed by atoms with Gasteiger partial charge in [0.2, 0.25) is 5.95 Å². The fourth-order valence-corrected chi connectivity index (χ4v) is 4.29. The molecule has 3 N–H and O–H groups in total. The molecule has 1 fully saturated rings. The Bertz CT molecular complexity index is 1310. The lowest BCUT2D eigenvalue weighted by atomic mass is 10.1. The molecular weight excluding hydrogens is 455 g/mol. The first-order valence-electron chi connectivity index (χ1n) is 11.6. The van der Waals surface area contributed by atoms with Crippen LogP contribution in [0.2, 0.25) is 0 Å². The van der Waals surface area contributed by atoms with Crippen molar-refractivity contribution >= 4 is 22.7 Å². The molecule has 1 saturated heterocycles. The van der Waals surface area contributed by atoms with Crippen molar-refractivity contribution < 1.29 is 13.2 Å². The first-order valence-corrected chi connectivity index (χ1v) is 11.6. The Morgan fingerprint density at radius 2 is 2.03 bits per heavy atom. The molecule has 2 aromatic heterocycles. The van der Waals surface area contributed by atoms with Gasteiger partial charge >= 0.3 is 6.18 Å².